The van der Waals surface area contributed by atoms with Crippen molar-refractivity contribution in [3.63, 3.8) is 0 Å². The van der Waals surface area contributed by atoms with E-state index in [-0.39, 0.29) is 11.9 Å². The van der Waals surface area contributed by atoms with E-state index in [1.165, 1.54) is 7.11 Å². The van der Waals surface area contributed by atoms with Crippen LogP contribution in [0.3, 0.4) is 0 Å². The summed E-state index contributed by atoms with van der Waals surface area (Å²) in [6, 6.07) is 3.74. The Balaban J connectivity index is 2.16. The number of esters is 1. The van der Waals surface area contributed by atoms with Crippen molar-refractivity contribution in [2.75, 3.05) is 21.3 Å². The van der Waals surface area contributed by atoms with Crippen molar-refractivity contribution >= 4 is 17.6 Å². The average molecular weight is 327 g/mol. The predicted octanol–water partition coefficient (Wildman–Crippen LogP) is 4.05. The molecule has 1 aromatic rings. The second-order valence-electron chi connectivity index (χ2n) is 5.70. The van der Waals surface area contributed by atoms with Gasteiger partial charge in [0.25, 0.3) is 0 Å². The minimum atomic E-state index is -0.0988. The number of hydrogen-bond donors (Lipinski definition) is 0. The van der Waals surface area contributed by atoms with Crippen LogP contribution in [0.2, 0.25) is 5.02 Å². The van der Waals surface area contributed by atoms with Crippen LogP contribution >= 0.6 is 11.6 Å². The molecule has 22 heavy (non-hydrogen) atoms. The molecule has 5 heteroatoms. The molecule has 0 aliphatic heterocycles. The first-order valence-electron chi connectivity index (χ1n) is 7.54. The van der Waals surface area contributed by atoms with Crippen LogP contribution in [0.5, 0.6) is 11.5 Å². The Morgan fingerprint density at radius 1 is 1.27 bits per heavy atom. The van der Waals surface area contributed by atoms with Gasteiger partial charge in [-0.05, 0) is 42.7 Å². The number of benzene rings is 1. The normalized spacial score (nSPS) is 21.1. The number of carbonyl (C=O) groups is 1. The molecule has 0 N–H and O–H groups in total. The molecule has 0 amide bonds. The summed E-state index contributed by atoms with van der Waals surface area (Å²) in [7, 11) is 4.65. The van der Waals surface area contributed by atoms with Crippen molar-refractivity contribution in [3.05, 3.63) is 22.7 Å². The highest BCUT2D eigenvalue weighted by Gasteiger charge is 2.44. The summed E-state index contributed by atoms with van der Waals surface area (Å²) in [5, 5.41) is 0.680. The van der Waals surface area contributed by atoms with Gasteiger partial charge in [-0.25, -0.2) is 0 Å². The van der Waals surface area contributed by atoms with E-state index in [1.54, 1.807) is 20.3 Å². The molecule has 3 unspecified atom stereocenters. The van der Waals surface area contributed by atoms with Crippen molar-refractivity contribution in [2.24, 2.45) is 11.8 Å². The Bertz CT molecular complexity index is 544. The van der Waals surface area contributed by atoms with Gasteiger partial charge in [-0.15, -0.1) is 0 Å². The summed E-state index contributed by atoms with van der Waals surface area (Å²) in [6.07, 6.45) is 2.80. The summed E-state index contributed by atoms with van der Waals surface area (Å²) in [5.74, 6) is 1.95. The molecule has 1 aliphatic rings. The Labute approximate surface area is 136 Å². The summed E-state index contributed by atoms with van der Waals surface area (Å²) < 4.78 is 15.5. The molecule has 0 saturated heterocycles. The van der Waals surface area contributed by atoms with E-state index >= 15 is 0 Å². The first-order chi connectivity index (χ1) is 10.5. The van der Waals surface area contributed by atoms with Crippen molar-refractivity contribution < 1.29 is 19.0 Å². The van der Waals surface area contributed by atoms with Gasteiger partial charge in [0.15, 0.2) is 11.5 Å². The van der Waals surface area contributed by atoms with Crippen LogP contribution in [0.15, 0.2) is 12.1 Å². The third-order valence-corrected chi connectivity index (χ3v) is 4.78. The maximum Gasteiger partial charge on any atom is 0.308 e. The topological polar surface area (TPSA) is 44.8 Å². The van der Waals surface area contributed by atoms with Gasteiger partial charge < -0.3 is 14.2 Å². The molecular weight excluding hydrogens is 304 g/mol. The zero-order valence-electron chi connectivity index (χ0n) is 13.5. The highest BCUT2D eigenvalue weighted by molar-refractivity contribution is 6.31. The fraction of sp³-hybridized carbons (Fsp3) is 0.588. The van der Waals surface area contributed by atoms with E-state index in [0.717, 1.165) is 24.8 Å². The number of methoxy groups -OCH3 is 3. The first kappa shape index (κ1) is 16.9. The highest BCUT2D eigenvalue weighted by atomic mass is 35.5. The molecule has 0 aromatic heterocycles. The third kappa shape index (κ3) is 3.49. The molecule has 2 rings (SSSR count). The SMILES string of the molecule is CCC(CC1CC1C(=O)OC)c1cc(OC)c(OC)cc1Cl. The van der Waals surface area contributed by atoms with E-state index in [9.17, 15) is 4.79 Å². The summed E-state index contributed by atoms with van der Waals surface area (Å²) >= 11 is 6.41. The van der Waals surface area contributed by atoms with Gasteiger partial charge in [-0.2, -0.15) is 0 Å². The van der Waals surface area contributed by atoms with E-state index in [2.05, 4.69) is 6.92 Å². The lowest BCUT2D eigenvalue weighted by Crippen LogP contribution is -2.07. The minimum absolute atomic E-state index is 0.0537. The van der Waals surface area contributed by atoms with Gasteiger partial charge in [-0.3, -0.25) is 4.79 Å². The smallest absolute Gasteiger partial charge is 0.308 e. The lowest BCUT2D eigenvalue weighted by Gasteiger charge is -2.19. The average Bonchev–Trinajstić information content (AvgIpc) is 3.31. The minimum Gasteiger partial charge on any atom is -0.493 e. The van der Waals surface area contributed by atoms with Crippen LogP contribution in [-0.2, 0) is 9.53 Å². The van der Waals surface area contributed by atoms with Crippen LogP contribution in [0.25, 0.3) is 0 Å². The van der Waals surface area contributed by atoms with Crippen LogP contribution in [0.1, 0.15) is 37.7 Å². The first-order valence-corrected chi connectivity index (χ1v) is 7.92. The van der Waals surface area contributed by atoms with Crippen LogP contribution in [0.4, 0.5) is 0 Å². The molecule has 1 saturated carbocycles. The van der Waals surface area contributed by atoms with Crippen LogP contribution < -0.4 is 9.47 Å². The number of rotatable bonds is 7. The third-order valence-electron chi connectivity index (χ3n) is 4.45. The summed E-state index contributed by atoms with van der Waals surface area (Å²) in [6.45, 7) is 2.13. The van der Waals surface area contributed by atoms with E-state index in [1.807, 2.05) is 6.07 Å². The number of ether oxygens (including phenoxy) is 3. The molecule has 3 atom stereocenters. The number of halogens is 1. The van der Waals surface area contributed by atoms with Gasteiger partial charge in [0.05, 0.1) is 27.2 Å². The van der Waals surface area contributed by atoms with Crippen molar-refractivity contribution in [1.82, 2.24) is 0 Å². The maximum absolute atomic E-state index is 11.6. The predicted molar refractivity (Wildman–Crippen MR) is 85.8 cm³/mol. The van der Waals surface area contributed by atoms with E-state index in [0.29, 0.717) is 28.4 Å². The molecule has 1 aromatic carbocycles. The number of hydrogen-bond acceptors (Lipinski definition) is 4. The maximum atomic E-state index is 11.6. The fourth-order valence-corrected chi connectivity index (χ4v) is 3.32. The molecule has 4 nitrogen and oxygen atoms in total. The van der Waals surface area contributed by atoms with Gasteiger partial charge in [0.2, 0.25) is 0 Å². The van der Waals surface area contributed by atoms with E-state index in [4.69, 9.17) is 25.8 Å². The van der Waals surface area contributed by atoms with Crippen molar-refractivity contribution in [1.29, 1.82) is 0 Å². The Kier molecular flexibility index (Phi) is 5.57. The standard InChI is InChI=1S/C17H23ClO4/c1-5-10(6-11-7-13(11)17(19)22-4)12-8-15(20-2)16(21-3)9-14(12)18/h8-11,13H,5-7H2,1-4H3. The lowest BCUT2D eigenvalue weighted by atomic mass is 9.90. The molecule has 0 heterocycles. The second kappa shape index (κ2) is 7.23. The second-order valence-corrected chi connectivity index (χ2v) is 6.10. The quantitative estimate of drug-likeness (QED) is 0.709. The largest absolute Gasteiger partial charge is 0.493 e. The van der Waals surface area contributed by atoms with E-state index < -0.39 is 0 Å². The Hall–Kier alpha value is -1.42. The van der Waals surface area contributed by atoms with Crippen molar-refractivity contribution in [3.8, 4) is 11.5 Å². The molecular formula is C17H23ClO4. The van der Waals surface area contributed by atoms with Gasteiger partial charge in [0.1, 0.15) is 0 Å². The molecule has 0 spiro atoms. The van der Waals surface area contributed by atoms with Gasteiger partial charge in [0, 0.05) is 11.1 Å². The van der Waals surface area contributed by atoms with Crippen LogP contribution in [-0.4, -0.2) is 27.3 Å². The molecule has 122 valence electrons. The number of carbonyl (C=O) groups excluding carboxylic acids is 1. The van der Waals surface area contributed by atoms with Crippen LogP contribution in [0, 0.1) is 11.8 Å². The molecule has 0 radical (unpaired) electrons. The zero-order chi connectivity index (χ0) is 16.3. The highest BCUT2D eigenvalue weighted by Crippen LogP contribution is 2.48. The zero-order valence-corrected chi connectivity index (χ0v) is 14.3. The summed E-state index contributed by atoms with van der Waals surface area (Å²) in [5.41, 5.74) is 1.05. The molecule has 0 bridgehead atoms. The van der Waals surface area contributed by atoms with Gasteiger partial charge >= 0.3 is 5.97 Å². The Morgan fingerprint density at radius 2 is 1.91 bits per heavy atom. The van der Waals surface area contributed by atoms with Crippen molar-refractivity contribution in [2.45, 2.75) is 32.1 Å². The molecule has 1 aliphatic carbocycles. The fourth-order valence-electron chi connectivity index (χ4n) is 3.01. The van der Waals surface area contributed by atoms with Gasteiger partial charge in [-0.1, -0.05) is 18.5 Å². The monoisotopic (exact) mass is 326 g/mol. The molecule has 1 fully saturated rings. The summed E-state index contributed by atoms with van der Waals surface area (Å²) in [4.78, 5) is 11.6. The lowest BCUT2D eigenvalue weighted by molar-refractivity contribution is -0.142. The Morgan fingerprint density at radius 3 is 2.45 bits per heavy atom.